The Labute approximate surface area is 228 Å². The van der Waals surface area contributed by atoms with Crippen LogP contribution in [0.3, 0.4) is 0 Å². The predicted octanol–water partition coefficient (Wildman–Crippen LogP) is 7.53. The number of amides is 1. The minimum absolute atomic E-state index is 0.125. The molecule has 0 aliphatic rings. The summed E-state index contributed by atoms with van der Waals surface area (Å²) in [7, 11) is 0. The van der Waals surface area contributed by atoms with Gasteiger partial charge in [-0.25, -0.2) is 5.43 Å². The van der Waals surface area contributed by atoms with Crippen LogP contribution < -0.4 is 19.6 Å². The Balaban J connectivity index is 1.45. The number of hydrogen-bond acceptors (Lipinski definition) is 6. The number of hydrogen-bond donors (Lipinski definition) is 1. The zero-order valence-electron chi connectivity index (χ0n) is 20.0. The number of halogens is 3. The highest BCUT2D eigenvalue weighted by molar-refractivity contribution is 6.42. The van der Waals surface area contributed by atoms with Crippen molar-refractivity contribution in [2.45, 2.75) is 20.5 Å². The third kappa shape index (κ3) is 6.68. The van der Waals surface area contributed by atoms with Crippen LogP contribution in [0.5, 0.6) is 17.2 Å². The van der Waals surface area contributed by atoms with E-state index in [1.165, 1.54) is 6.21 Å². The average Bonchev–Trinajstić information content (AvgIpc) is 3.30. The summed E-state index contributed by atoms with van der Waals surface area (Å²) in [6.07, 6.45) is 1.45. The normalized spacial score (nSPS) is 11.2. The fourth-order valence-corrected chi connectivity index (χ4v) is 4.06. The van der Waals surface area contributed by atoms with Gasteiger partial charge in [-0.2, -0.15) is 5.10 Å². The molecule has 1 heterocycles. The van der Waals surface area contributed by atoms with Crippen LogP contribution in [0.4, 0.5) is 0 Å². The number of benzene rings is 3. The molecule has 192 valence electrons. The molecule has 1 N–H and O–H groups in total. The average molecular weight is 562 g/mol. The molecule has 4 aromatic rings. The molecule has 37 heavy (non-hydrogen) atoms. The molecule has 0 aliphatic heterocycles. The third-order valence-electron chi connectivity index (χ3n) is 5.10. The van der Waals surface area contributed by atoms with E-state index in [4.69, 9.17) is 53.4 Å². The lowest BCUT2D eigenvalue weighted by Crippen LogP contribution is -2.16. The molecule has 0 saturated heterocycles. The molecular formula is C27H23Cl3N2O5. The predicted molar refractivity (Wildman–Crippen MR) is 146 cm³/mol. The largest absolute Gasteiger partial charge is 0.494 e. The first-order valence-corrected chi connectivity index (χ1v) is 12.5. The summed E-state index contributed by atoms with van der Waals surface area (Å²) in [5.41, 5.74) is 4.45. The Bertz CT molecular complexity index is 1450. The number of nitrogens with zero attached hydrogens (tertiary/aromatic N) is 1. The van der Waals surface area contributed by atoms with Crippen molar-refractivity contribution in [1.82, 2.24) is 5.43 Å². The maximum Gasteiger partial charge on any atom is 0.307 e. The van der Waals surface area contributed by atoms with Gasteiger partial charge in [0.2, 0.25) is 0 Å². The molecule has 1 amide bonds. The Kier molecular flexibility index (Phi) is 8.82. The number of nitrogens with one attached hydrogen (secondary N) is 1. The molecule has 4 rings (SSSR count). The van der Waals surface area contributed by atoms with E-state index in [9.17, 15) is 4.79 Å². The van der Waals surface area contributed by atoms with Crippen molar-refractivity contribution in [3.05, 3.63) is 86.6 Å². The van der Waals surface area contributed by atoms with E-state index < -0.39 is 5.91 Å². The number of fused-ring (bicyclic) bond motifs is 1. The molecule has 0 bridgehead atoms. The van der Waals surface area contributed by atoms with Crippen LogP contribution >= 0.6 is 34.8 Å². The number of carbonyl (C=O) groups excluding carboxylic acids is 1. The highest BCUT2D eigenvalue weighted by Gasteiger charge is 2.14. The van der Waals surface area contributed by atoms with Crippen molar-refractivity contribution in [1.29, 1.82) is 0 Å². The molecule has 0 unspecified atom stereocenters. The third-order valence-corrected chi connectivity index (χ3v) is 6.12. The number of ether oxygens (including phenoxy) is 3. The summed E-state index contributed by atoms with van der Waals surface area (Å²) in [6.45, 7) is 4.91. The molecule has 0 fully saturated rings. The smallest absolute Gasteiger partial charge is 0.307 e. The maximum atomic E-state index is 12.5. The first kappa shape index (κ1) is 26.7. The zero-order chi connectivity index (χ0) is 26.4. The van der Waals surface area contributed by atoms with Gasteiger partial charge in [0.25, 0.3) is 0 Å². The van der Waals surface area contributed by atoms with Crippen LogP contribution in [0.2, 0.25) is 15.1 Å². The quantitative estimate of drug-likeness (QED) is 0.160. The summed E-state index contributed by atoms with van der Waals surface area (Å²) >= 11 is 18.5. The first-order chi connectivity index (χ1) is 17.9. The summed E-state index contributed by atoms with van der Waals surface area (Å²) in [6, 6.07) is 15.6. The fourth-order valence-electron chi connectivity index (χ4n) is 3.46. The second-order valence-electron chi connectivity index (χ2n) is 7.74. The summed E-state index contributed by atoms with van der Waals surface area (Å²) < 4.78 is 22.7. The van der Waals surface area contributed by atoms with E-state index in [2.05, 4.69) is 10.5 Å². The fraction of sp³-hybridized carbons (Fsp3) is 0.185. The van der Waals surface area contributed by atoms with Crippen LogP contribution in [-0.4, -0.2) is 25.3 Å². The van der Waals surface area contributed by atoms with Crippen molar-refractivity contribution < 1.29 is 23.4 Å². The van der Waals surface area contributed by atoms with Gasteiger partial charge in [-0.15, -0.1) is 0 Å². The van der Waals surface area contributed by atoms with Gasteiger partial charge in [-0.05, 0) is 73.5 Å². The molecule has 0 aliphatic carbocycles. The maximum absolute atomic E-state index is 12.5. The topological polar surface area (TPSA) is 82.3 Å². The molecule has 10 heteroatoms. The lowest BCUT2D eigenvalue weighted by molar-refractivity contribution is 0.0929. The van der Waals surface area contributed by atoms with Gasteiger partial charge in [0.15, 0.2) is 17.3 Å². The van der Waals surface area contributed by atoms with Gasteiger partial charge in [0.05, 0.1) is 34.5 Å². The van der Waals surface area contributed by atoms with Crippen LogP contribution in [-0.2, 0) is 6.61 Å². The SMILES string of the molecule is CCOc1ccc2oc(C(=O)N/N=C\c3cc(Cl)c(OCc4ccc(Cl)c(Cl)c4)c(OCC)c3)cc2c1. The molecule has 0 spiro atoms. The number of rotatable bonds is 10. The van der Waals surface area contributed by atoms with Gasteiger partial charge in [0, 0.05) is 5.39 Å². The van der Waals surface area contributed by atoms with Crippen LogP contribution in [0, 0.1) is 0 Å². The number of carbonyl (C=O) groups is 1. The minimum atomic E-state index is -0.497. The van der Waals surface area contributed by atoms with E-state index in [1.807, 2.05) is 26.0 Å². The number of furan rings is 1. The van der Waals surface area contributed by atoms with Gasteiger partial charge in [0.1, 0.15) is 17.9 Å². The van der Waals surface area contributed by atoms with Crippen LogP contribution in [0.1, 0.15) is 35.5 Å². The Morgan fingerprint density at radius 3 is 2.49 bits per heavy atom. The van der Waals surface area contributed by atoms with Crippen molar-refractivity contribution >= 4 is 57.9 Å². The standard InChI is InChI=1S/C27H23Cl3N2O5/c1-3-34-19-6-8-23-18(12-19)13-25(37-23)27(33)32-31-14-17-10-22(30)26(24(11-17)35-4-2)36-15-16-5-7-20(28)21(29)9-16/h5-14H,3-4,15H2,1-2H3,(H,32,33)/b31-14-. The second-order valence-corrected chi connectivity index (χ2v) is 8.96. The molecule has 7 nitrogen and oxygen atoms in total. The van der Waals surface area contributed by atoms with E-state index in [-0.39, 0.29) is 12.4 Å². The molecule has 1 aromatic heterocycles. The Morgan fingerprint density at radius 2 is 1.73 bits per heavy atom. The van der Waals surface area contributed by atoms with E-state index in [1.54, 1.807) is 42.5 Å². The summed E-state index contributed by atoms with van der Waals surface area (Å²) in [4.78, 5) is 12.5. The van der Waals surface area contributed by atoms with Crippen LogP contribution in [0.25, 0.3) is 11.0 Å². The van der Waals surface area contributed by atoms with Gasteiger partial charge in [-0.3, -0.25) is 4.79 Å². The van der Waals surface area contributed by atoms with E-state index >= 15 is 0 Å². The molecule has 0 saturated carbocycles. The van der Waals surface area contributed by atoms with Gasteiger partial charge < -0.3 is 18.6 Å². The first-order valence-electron chi connectivity index (χ1n) is 11.4. The van der Waals surface area contributed by atoms with Gasteiger partial charge in [-0.1, -0.05) is 40.9 Å². The monoisotopic (exact) mass is 560 g/mol. The van der Waals surface area contributed by atoms with Crippen molar-refractivity contribution in [3.8, 4) is 17.2 Å². The lowest BCUT2D eigenvalue weighted by Gasteiger charge is -2.14. The number of hydrazone groups is 1. The second kappa shape index (κ2) is 12.2. The Hall–Kier alpha value is -3.39. The van der Waals surface area contributed by atoms with E-state index in [0.29, 0.717) is 56.7 Å². The zero-order valence-corrected chi connectivity index (χ0v) is 22.3. The molecule has 0 atom stereocenters. The summed E-state index contributed by atoms with van der Waals surface area (Å²) in [5.74, 6) is 1.14. The molecule has 3 aromatic carbocycles. The van der Waals surface area contributed by atoms with Crippen molar-refractivity contribution in [2.75, 3.05) is 13.2 Å². The Morgan fingerprint density at radius 1 is 0.919 bits per heavy atom. The van der Waals surface area contributed by atoms with Gasteiger partial charge >= 0.3 is 5.91 Å². The summed E-state index contributed by atoms with van der Waals surface area (Å²) in [5, 5.41) is 6.00. The van der Waals surface area contributed by atoms with E-state index in [0.717, 1.165) is 10.9 Å². The van der Waals surface area contributed by atoms with Crippen molar-refractivity contribution in [3.63, 3.8) is 0 Å². The molecule has 0 radical (unpaired) electrons. The molecular weight excluding hydrogens is 539 g/mol. The van der Waals surface area contributed by atoms with Crippen molar-refractivity contribution in [2.24, 2.45) is 5.10 Å². The van der Waals surface area contributed by atoms with Crippen LogP contribution in [0.15, 0.2) is 64.1 Å². The highest BCUT2D eigenvalue weighted by Crippen LogP contribution is 2.37. The highest BCUT2D eigenvalue weighted by atomic mass is 35.5. The minimum Gasteiger partial charge on any atom is -0.494 e. The lowest BCUT2D eigenvalue weighted by atomic mass is 10.2.